The summed E-state index contributed by atoms with van der Waals surface area (Å²) in [6, 6.07) is 17.5. The van der Waals surface area contributed by atoms with Gasteiger partial charge in [0.25, 0.3) is 11.6 Å². The SMILES string of the molecule is Cc1ccccc1OCCOc1ccc([N+](=O)[O-])cc1/C=C1\SC(=S)N(c2cccc(C(=O)O)c2)C1=O. The van der Waals surface area contributed by atoms with Gasteiger partial charge >= 0.3 is 5.97 Å². The monoisotopic (exact) mass is 536 g/mol. The number of carbonyl (C=O) groups is 2. The van der Waals surface area contributed by atoms with Crippen LogP contribution in [0.25, 0.3) is 6.08 Å². The Bertz CT molecular complexity index is 1440. The van der Waals surface area contributed by atoms with Gasteiger partial charge in [-0.05, 0) is 48.9 Å². The highest BCUT2D eigenvalue weighted by molar-refractivity contribution is 8.27. The van der Waals surface area contributed by atoms with E-state index in [9.17, 15) is 24.8 Å². The third-order valence-electron chi connectivity index (χ3n) is 5.33. The number of para-hydroxylation sites is 1. The lowest BCUT2D eigenvalue weighted by molar-refractivity contribution is -0.384. The average Bonchev–Trinajstić information content (AvgIpc) is 3.15. The van der Waals surface area contributed by atoms with Crippen LogP contribution in [0.3, 0.4) is 0 Å². The van der Waals surface area contributed by atoms with Crippen LogP contribution in [0.4, 0.5) is 11.4 Å². The van der Waals surface area contributed by atoms with E-state index in [0.29, 0.717) is 17.0 Å². The van der Waals surface area contributed by atoms with Crippen molar-refractivity contribution in [2.24, 2.45) is 0 Å². The van der Waals surface area contributed by atoms with Crippen molar-refractivity contribution >= 4 is 57.6 Å². The minimum absolute atomic E-state index is 0.0119. The first-order chi connectivity index (χ1) is 17.7. The van der Waals surface area contributed by atoms with E-state index in [1.807, 2.05) is 31.2 Å². The summed E-state index contributed by atoms with van der Waals surface area (Å²) in [5, 5.41) is 20.6. The van der Waals surface area contributed by atoms with E-state index < -0.39 is 16.8 Å². The molecule has 37 heavy (non-hydrogen) atoms. The Hall–Kier alpha value is -4.22. The molecule has 1 saturated heterocycles. The largest absolute Gasteiger partial charge is 0.490 e. The molecule has 1 N–H and O–H groups in total. The van der Waals surface area contributed by atoms with Crippen LogP contribution in [-0.2, 0) is 4.79 Å². The number of thioether (sulfide) groups is 1. The Kier molecular flexibility index (Phi) is 7.85. The number of nitrogens with zero attached hydrogens (tertiary/aromatic N) is 2. The van der Waals surface area contributed by atoms with E-state index in [0.717, 1.165) is 23.1 Å². The molecule has 0 unspecified atom stereocenters. The molecular formula is C26H20N2O7S2. The van der Waals surface area contributed by atoms with Gasteiger partial charge in [0.15, 0.2) is 4.32 Å². The molecule has 0 bridgehead atoms. The number of hydrogen-bond donors (Lipinski definition) is 1. The molecule has 11 heteroatoms. The van der Waals surface area contributed by atoms with Crippen LogP contribution in [0.15, 0.2) is 71.6 Å². The fourth-order valence-electron chi connectivity index (χ4n) is 3.52. The molecule has 0 aliphatic carbocycles. The lowest BCUT2D eigenvalue weighted by atomic mass is 10.1. The number of rotatable bonds is 9. The molecule has 0 spiro atoms. The number of amides is 1. The molecule has 0 atom stereocenters. The van der Waals surface area contributed by atoms with Crippen LogP contribution in [-0.4, -0.2) is 39.4 Å². The lowest BCUT2D eigenvalue weighted by Crippen LogP contribution is -2.27. The lowest BCUT2D eigenvalue weighted by Gasteiger charge is -2.15. The Morgan fingerprint density at radius 1 is 1.08 bits per heavy atom. The van der Waals surface area contributed by atoms with E-state index >= 15 is 0 Å². The van der Waals surface area contributed by atoms with Crippen molar-refractivity contribution in [1.82, 2.24) is 0 Å². The number of aromatic carboxylic acids is 1. The van der Waals surface area contributed by atoms with Crippen LogP contribution in [0.5, 0.6) is 11.5 Å². The second kappa shape index (κ2) is 11.2. The number of carboxylic acid groups (broad SMARTS) is 1. The van der Waals surface area contributed by atoms with Crippen molar-refractivity contribution in [1.29, 1.82) is 0 Å². The number of anilines is 1. The summed E-state index contributed by atoms with van der Waals surface area (Å²) >= 11 is 6.38. The predicted octanol–water partition coefficient (Wildman–Crippen LogP) is 5.47. The Labute approximate surface area is 221 Å². The first-order valence-corrected chi connectivity index (χ1v) is 12.2. The van der Waals surface area contributed by atoms with Gasteiger partial charge in [-0.1, -0.05) is 48.2 Å². The minimum atomic E-state index is -1.13. The Morgan fingerprint density at radius 2 is 1.81 bits per heavy atom. The zero-order valence-corrected chi connectivity index (χ0v) is 21.1. The second-order valence-electron chi connectivity index (χ2n) is 7.81. The average molecular weight is 537 g/mol. The Morgan fingerprint density at radius 3 is 2.51 bits per heavy atom. The second-order valence-corrected chi connectivity index (χ2v) is 9.49. The van der Waals surface area contributed by atoms with E-state index in [1.54, 1.807) is 6.07 Å². The van der Waals surface area contributed by atoms with Crippen molar-refractivity contribution in [3.05, 3.63) is 98.4 Å². The zero-order chi connectivity index (χ0) is 26.5. The number of thiocarbonyl (C=S) groups is 1. The molecule has 1 aliphatic rings. The van der Waals surface area contributed by atoms with Gasteiger partial charge in [-0.2, -0.15) is 0 Å². The van der Waals surface area contributed by atoms with Gasteiger partial charge in [0.1, 0.15) is 24.7 Å². The summed E-state index contributed by atoms with van der Waals surface area (Å²) in [4.78, 5) is 36.8. The number of ether oxygens (including phenoxy) is 2. The molecule has 4 rings (SSSR count). The molecule has 9 nitrogen and oxygen atoms in total. The summed E-state index contributed by atoms with van der Waals surface area (Å²) in [5.74, 6) is -0.548. The van der Waals surface area contributed by atoms with Crippen LogP contribution in [0.2, 0.25) is 0 Å². The molecule has 0 saturated carbocycles. The van der Waals surface area contributed by atoms with Gasteiger partial charge in [-0.15, -0.1) is 0 Å². The maximum Gasteiger partial charge on any atom is 0.335 e. The number of non-ortho nitro benzene ring substituents is 1. The third-order valence-corrected chi connectivity index (χ3v) is 6.63. The number of benzene rings is 3. The Balaban J connectivity index is 1.56. The smallest absolute Gasteiger partial charge is 0.335 e. The van der Waals surface area contributed by atoms with Crippen LogP contribution in [0.1, 0.15) is 21.5 Å². The van der Waals surface area contributed by atoms with Gasteiger partial charge in [0.2, 0.25) is 0 Å². The summed E-state index contributed by atoms with van der Waals surface area (Å²) in [7, 11) is 0. The summed E-state index contributed by atoms with van der Waals surface area (Å²) < 4.78 is 11.8. The third kappa shape index (κ3) is 5.96. The van der Waals surface area contributed by atoms with Crippen LogP contribution >= 0.6 is 24.0 Å². The van der Waals surface area contributed by atoms with E-state index in [-0.39, 0.29) is 33.7 Å². The zero-order valence-electron chi connectivity index (χ0n) is 19.5. The van der Waals surface area contributed by atoms with Gasteiger partial charge in [-0.3, -0.25) is 19.8 Å². The molecule has 1 aliphatic heterocycles. The van der Waals surface area contributed by atoms with E-state index in [4.69, 9.17) is 21.7 Å². The predicted molar refractivity (Wildman–Crippen MR) is 144 cm³/mol. The molecule has 1 fully saturated rings. The summed E-state index contributed by atoms with van der Waals surface area (Å²) in [6.07, 6.45) is 1.48. The standard InChI is InChI=1S/C26H20N2O7S2/c1-16-5-2-3-8-21(16)34-11-12-35-22-10-9-20(28(32)33)14-18(22)15-23-24(29)27(26(36)37-23)19-7-4-6-17(13-19)25(30)31/h2-10,13-15H,11-12H2,1H3,(H,30,31)/b23-15-. The molecule has 1 heterocycles. The molecule has 0 aromatic heterocycles. The first-order valence-electron chi connectivity index (χ1n) is 11.0. The van der Waals surface area contributed by atoms with Gasteiger partial charge in [-0.25, -0.2) is 4.79 Å². The molecule has 3 aromatic carbocycles. The number of carbonyl (C=O) groups excluding carboxylic acids is 1. The molecular weight excluding hydrogens is 516 g/mol. The van der Waals surface area contributed by atoms with Crippen molar-refractivity contribution in [3.63, 3.8) is 0 Å². The van der Waals surface area contributed by atoms with Crippen LogP contribution < -0.4 is 14.4 Å². The van der Waals surface area contributed by atoms with E-state index in [1.165, 1.54) is 47.4 Å². The van der Waals surface area contributed by atoms with E-state index in [2.05, 4.69) is 0 Å². The van der Waals surface area contributed by atoms with Gasteiger partial charge < -0.3 is 14.6 Å². The summed E-state index contributed by atoms with van der Waals surface area (Å²) in [5.41, 5.74) is 1.46. The molecule has 3 aromatic rings. The molecule has 188 valence electrons. The normalized spacial score (nSPS) is 14.2. The number of carboxylic acids is 1. The highest BCUT2D eigenvalue weighted by atomic mass is 32.2. The maximum absolute atomic E-state index is 13.2. The number of nitro groups is 1. The summed E-state index contributed by atoms with van der Waals surface area (Å²) in [6.45, 7) is 2.33. The van der Waals surface area contributed by atoms with Crippen molar-refractivity contribution in [3.8, 4) is 11.5 Å². The fraction of sp³-hybridized carbons (Fsp3) is 0.115. The van der Waals surface area contributed by atoms with Crippen LogP contribution in [0, 0.1) is 17.0 Å². The number of aryl methyl sites for hydroxylation is 1. The topological polar surface area (TPSA) is 119 Å². The van der Waals surface area contributed by atoms with Crippen molar-refractivity contribution in [2.45, 2.75) is 6.92 Å². The van der Waals surface area contributed by atoms with Crippen molar-refractivity contribution in [2.75, 3.05) is 18.1 Å². The minimum Gasteiger partial charge on any atom is -0.490 e. The maximum atomic E-state index is 13.2. The highest BCUT2D eigenvalue weighted by Gasteiger charge is 2.34. The molecule has 1 amide bonds. The number of hydrogen-bond acceptors (Lipinski definition) is 8. The number of nitro benzene ring substituents is 1. The van der Waals surface area contributed by atoms with Gasteiger partial charge in [0.05, 0.1) is 21.1 Å². The fourth-order valence-corrected chi connectivity index (χ4v) is 4.81. The van der Waals surface area contributed by atoms with Crippen molar-refractivity contribution < 1.29 is 29.1 Å². The van der Waals surface area contributed by atoms with Gasteiger partial charge in [0, 0.05) is 17.7 Å². The quantitative estimate of drug-likeness (QED) is 0.125. The highest BCUT2D eigenvalue weighted by Crippen LogP contribution is 2.38. The molecule has 0 radical (unpaired) electrons. The first kappa shape index (κ1) is 25.9.